The molecule has 0 aliphatic carbocycles. The molecule has 1 heterocycles. The van der Waals surface area contributed by atoms with Gasteiger partial charge in [-0.05, 0) is 31.0 Å². The van der Waals surface area contributed by atoms with Gasteiger partial charge in [0, 0.05) is 34.4 Å². The van der Waals surface area contributed by atoms with Crippen LogP contribution in [0.1, 0.15) is 24.1 Å². The third-order valence-electron chi connectivity index (χ3n) is 2.89. The summed E-state index contributed by atoms with van der Waals surface area (Å²) in [6, 6.07) is 5.33. The van der Waals surface area contributed by atoms with Crippen LogP contribution in [0, 0.1) is 0 Å². The summed E-state index contributed by atoms with van der Waals surface area (Å²) in [7, 11) is 0. The van der Waals surface area contributed by atoms with Crippen LogP contribution in [-0.4, -0.2) is 9.78 Å². The molecule has 0 aliphatic rings. The standard InChI is InChI=1S/C13H15Cl2N3/c1-2-18-8-9(7-17-18)13(16)6-10-11(14)4-3-5-12(10)15/h3-5,7-8,13H,2,6,16H2,1H3. The number of hydrogen-bond acceptors (Lipinski definition) is 2. The number of nitrogens with two attached hydrogens (primary N) is 1. The topological polar surface area (TPSA) is 43.8 Å². The maximum atomic E-state index is 6.16. The molecule has 2 N–H and O–H groups in total. The van der Waals surface area contributed by atoms with Crippen LogP contribution >= 0.6 is 23.2 Å². The highest BCUT2D eigenvalue weighted by Gasteiger charge is 2.13. The number of rotatable bonds is 4. The molecule has 0 saturated heterocycles. The Morgan fingerprint density at radius 3 is 2.56 bits per heavy atom. The zero-order valence-corrected chi connectivity index (χ0v) is 11.6. The van der Waals surface area contributed by atoms with Gasteiger partial charge in [0.15, 0.2) is 0 Å². The Kier molecular flexibility index (Phi) is 4.27. The van der Waals surface area contributed by atoms with E-state index < -0.39 is 0 Å². The minimum absolute atomic E-state index is 0.150. The summed E-state index contributed by atoms with van der Waals surface area (Å²) in [5.74, 6) is 0. The van der Waals surface area contributed by atoms with Gasteiger partial charge in [0.1, 0.15) is 0 Å². The van der Waals surface area contributed by atoms with Gasteiger partial charge in [-0.2, -0.15) is 5.10 Å². The van der Waals surface area contributed by atoms with Crippen LogP contribution in [0.2, 0.25) is 10.0 Å². The van der Waals surface area contributed by atoms with E-state index in [4.69, 9.17) is 28.9 Å². The Labute approximate surface area is 117 Å². The lowest BCUT2D eigenvalue weighted by Crippen LogP contribution is -2.13. The van der Waals surface area contributed by atoms with E-state index >= 15 is 0 Å². The van der Waals surface area contributed by atoms with Crippen LogP contribution in [0.25, 0.3) is 0 Å². The molecule has 2 rings (SSSR count). The molecule has 18 heavy (non-hydrogen) atoms. The van der Waals surface area contributed by atoms with Gasteiger partial charge < -0.3 is 5.73 Å². The first kappa shape index (κ1) is 13.4. The first-order chi connectivity index (χ1) is 8.61. The molecule has 1 atom stereocenters. The summed E-state index contributed by atoms with van der Waals surface area (Å²) >= 11 is 12.3. The Morgan fingerprint density at radius 2 is 2.00 bits per heavy atom. The van der Waals surface area contributed by atoms with E-state index in [0.29, 0.717) is 16.5 Å². The van der Waals surface area contributed by atoms with Crippen molar-refractivity contribution < 1.29 is 0 Å². The van der Waals surface area contributed by atoms with Gasteiger partial charge in [-0.1, -0.05) is 29.3 Å². The molecule has 0 radical (unpaired) electrons. The molecule has 2 aromatic rings. The van der Waals surface area contributed by atoms with Gasteiger partial charge in [0.25, 0.3) is 0 Å². The van der Waals surface area contributed by atoms with Crippen molar-refractivity contribution in [3.05, 3.63) is 51.8 Å². The van der Waals surface area contributed by atoms with Gasteiger partial charge in [-0.25, -0.2) is 0 Å². The van der Waals surface area contributed by atoms with Crippen molar-refractivity contribution in [1.29, 1.82) is 0 Å². The quantitative estimate of drug-likeness (QED) is 0.934. The summed E-state index contributed by atoms with van der Waals surface area (Å²) in [5, 5.41) is 5.52. The second-order valence-corrected chi connectivity index (χ2v) is 4.95. The lowest BCUT2D eigenvalue weighted by molar-refractivity contribution is 0.655. The van der Waals surface area contributed by atoms with E-state index in [2.05, 4.69) is 5.10 Å². The van der Waals surface area contributed by atoms with Crippen molar-refractivity contribution in [2.75, 3.05) is 0 Å². The first-order valence-corrected chi connectivity index (χ1v) is 6.58. The number of hydrogen-bond donors (Lipinski definition) is 1. The zero-order valence-electron chi connectivity index (χ0n) is 10.1. The largest absolute Gasteiger partial charge is 0.324 e. The van der Waals surface area contributed by atoms with E-state index in [0.717, 1.165) is 17.7 Å². The lowest BCUT2D eigenvalue weighted by Gasteiger charge is -2.12. The molecule has 0 fully saturated rings. The maximum Gasteiger partial charge on any atom is 0.0537 e. The minimum atomic E-state index is -0.150. The summed E-state index contributed by atoms with van der Waals surface area (Å²) in [4.78, 5) is 0. The van der Waals surface area contributed by atoms with Crippen LogP contribution in [0.5, 0.6) is 0 Å². The zero-order chi connectivity index (χ0) is 13.1. The van der Waals surface area contributed by atoms with Crippen LogP contribution in [-0.2, 0) is 13.0 Å². The fourth-order valence-electron chi connectivity index (χ4n) is 1.81. The van der Waals surface area contributed by atoms with Crippen molar-refractivity contribution in [2.24, 2.45) is 5.73 Å². The molecule has 1 aromatic heterocycles. The molecule has 3 nitrogen and oxygen atoms in total. The van der Waals surface area contributed by atoms with Gasteiger partial charge in [0.2, 0.25) is 0 Å². The normalized spacial score (nSPS) is 12.7. The molecule has 1 aromatic carbocycles. The highest BCUT2D eigenvalue weighted by atomic mass is 35.5. The van der Waals surface area contributed by atoms with Gasteiger partial charge >= 0.3 is 0 Å². The third-order valence-corrected chi connectivity index (χ3v) is 3.60. The monoisotopic (exact) mass is 283 g/mol. The highest BCUT2D eigenvalue weighted by molar-refractivity contribution is 6.36. The molecule has 0 bridgehead atoms. The van der Waals surface area contributed by atoms with Crippen LogP contribution in [0.3, 0.4) is 0 Å². The molecule has 0 aliphatic heterocycles. The molecule has 0 saturated carbocycles. The van der Waals surface area contributed by atoms with Crippen LogP contribution in [0.15, 0.2) is 30.6 Å². The van der Waals surface area contributed by atoms with Crippen LogP contribution < -0.4 is 5.73 Å². The summed E-state index contributed by atoms with van der Waals surface area (Å²) < 4.78 is 1.85. The number of nitrogens with zero attached hydrogens (tertiary/aromatic N) is 2. The fraction of sp³-hybridized carbons (Fsp3) is 0.308. The van der Waals surface area contributed by atoms with E-state index in [9.17, 15) is 0 Å². The molecule has 0 spiro atoms. The Bertz CT molecular complexity index is 517. The summed E-state index contributed by atoms with van der Waals surface area (Å²) in [6.45, 7) is 2.87. The second kappa shape index (κ2) is 5.74. The number of aromatic nitrogens is 2. The Hall–Kier alpha value is -1.03. The summed E-state index contributed by atoms with van der Waals surface area (Å²) in [6.07, 6.45) is 4.35. The van der Waals surface area contributed by atoms with Crippen molar-refractivity contribution in [3.8, 4) is 0 Å². The lowest BCUT2D eigenvalue weighted by atomic mass is 10.0. The number of halogens is 2. The van der Waals surface area contributed by atoms with Gasteiger partial charge in [0.05, 0.1) is 6.20 Å². The SMILES string of the molecule is CCn1cc(C(N)Cc2c(Cl)cccc2Cl)cn1. The highest BCUT2D eigenvalue weighted by Crippen LogP contribution is 2.28. The number of aryl methyl sites for hydroxylation is 1. The van der Waals surface area contributed by atoms with E-state index in [1.165, 1.54) is 0 Å². The molecule has 5 heteroatoms. The molecule has 0 amide bonds. The molecule has 1 unspecified atom stereocenters. The predicted molar refractivity (Wildman–Crippen MR) is 75.0 cm³/mol. The maximum absolute atomic E-state index is 6.16. The smallest absolute Gasteiger partial charge is 0.0537 e. The minimum Gasteiger partial charge on any atom is -0.324 e. The van der Waals surface area contributed by atoms with Crippen molar-refractivity contribution >= 4 is 23.2 Å². The Balaban J connectivity index is 2.18. The van der Waals surface area contributed by atoms with Crippen LogP contribution in [0.4, 0.5) is 0 Å². The van der Waals surface area contributed by atoms with E-state index in [1.807, 2.05) is 36.0 Å². The van der Waals surface area contributed by atoms with Crippen molar-refractivity contribution in [2.45, 2.75) is 25.9 Å². The average Bonchev–Trinajstić information content (AvgIpc) is 2.82. The molecular weight excluding hydrogens is 269 g/mol. The fourth-order valence-corrected chi connectivity index (χ4v) is 2.36. The van der Waals surface area contributed by atoms with E-state index in [-0.39, 0.29) is 6.04 Å². The number of benzene rings is 1. The second-order valence-electron chi connectivity index (χ2n) is 4.14. The van der Waals surface area contributed by atoms with Gasteiger partial charge in [-0.15, -0.1) is 0 Å². The van der Waals surface area contributed by atoms with Gasteiger partial charge in [-0.3, -0.25) is 4.68 Å². The summed E-state index contributed by atoms with van der Waals surface area (Å²) in [5.41, 5.74) is 8.04. The molecule has 96 valence electrons. The van der Waals surface area contributed by atoms with Crippen molar-refractivity contribution in [3.63, 3.8) is 0 Å². The first-order valence-electron chi connectivity index (χ1n) is 5.82. The third kappa shape index (κ3) is 2.86. The predicted octanol–water partition coefficient (Wildman–Crippen LogP) is 3.45. The van der Waals surface area contributed by atoms with Crippen molar-refractivity contribution in [1.82, 2.24) is 9.78 Å². The average molecular weight is 284 g/mol. The Morgan fingerprint density at radius 1 is 1.33 bits per heavy atom. The molecular formula is C13H15Cl2N3. The van der Waals surface area contributed by atoms with E-state index in [1.54, 1.807) is 6.20 Å².